The Morgan fingerprint density at radius 2 is 2.23 bits per heavy atom. The number of nitrogens with zero attached hydrogens (tertiary/aromatic N) is 3. The van der Waals surface area contributed by atoms with Crippen LogP contribution in [0, 0.1) is 5.92 Å². The Labute approximate surface area is 152 Å². The van der Waals surface area contributed by atoms with Gasteiger partial charge in [-0.3, -0.25) is 4.79 Å². The molecular weight excluding hydrogens is 357 g/mol. The number of hydrogen-bond acceptors (Lipinski definition) is 3. The summed E-state index contributed by atoms with van der Waals surface area (Å²) in [6, 6.07) is 7.42. The summed E-state index contributed by atoms with van der Waals surface area (Å²) in [5, 5.41) is 8.44. The number of carbonyl (C=O) groups is 1. The molecule has 0 unspecified atom stereocenters. The quantitative estimate of drug-likeness (QED) is 0.576. The fourth-order valence-electron chi connectivity index (χ4n) is 3.05. The maximum Gasteiger partial charge on any atom is 0.231 e. The van der Waals surface area contributed by atoms with E-state index in [1.54, 1.807) is 29.2 Å². The Balaban J connectivity index is 1.50. The van der Waals surface area contributed by atoms with Gasteiger partial charge in [0.05, 0.1) is 16.5 Å². The summed E-state index contributed by atoms with van der Waals surface area (Å²) < 4.78 is 14.6. The Morgan fingerprint density at radius 3 is 3.04 bits per heavy atom. The maximum absolute atomic E-state index is 13.0. The molecule has 4 aromatic heterocycles. The smallest absolute Gasteiger partial charge is 0.231 e. The summed E-state index contributed by atoms with van der Waals surface area (Å²) in [6.45, 7) is 0. The molecule has 0 spiro atoms. The van der Waals surface area contributed by atoms with Crippen LogP contribution in [0.5, 0.6) is 0 Å². The van der Waals surface area contributed by atoms with Gasteiger partial charge in [-0.15, -0.1) is 0 Å². The molecule has 0 radical (unpaired) electrons. The van der Waals surface area contributed by atoms with E-state index in [2.05, 4.69) is 20.4 Å². The minimum atomic E-state index is -1.03. The van der Waals surface area contributed by atoms with Crippen LogP contribution in [0.4, 0.5) is 10.2 Å². The summed E-state index contributed by atoms with van der Waals surface area (Å²) in [4.78, 5) is 19.3. The van der Waals surface area contributed by atoms with Gasteiger partial charge in [-0.2, -0.15) is 5.10 Å². The van der Waals surface area contributed by atoms with Crippen molar-refractivity contribution in [3.05, 3.63) is 47.9 Å². The summed E-state index contributed by atoms with van der Waals surface area (Å²) in [7, 11) is 0. The van der Waals surface area contributed by atoms with Crippen LogP contribution in [-0.2, 0) is 4.79 Å². The first-order valence-electron chi connectivity index (χ1n) is 8.16. The molecule has 2 N–H and O–H groups in total. The lowest BCUT2D eigenvalue weighted by Crippen LogP contribution is -2.15. The zero-order valence-corrected chi connectivity index (χ0v) is 14.2. The van der Waals surface area contributed by atoms with Crippen LogP contribution in [0.15, 0.2) is 42.9 Å². The third-order valence-electron chi connectivity index (χ3n) is 4.60. The van der Waals surface area contributed by atoms with E-state index >= 15 is 0 Å². The molecule has 0 aliphatic heterocycles. The lowest BCUT2D eigenvalue weighted by Gasteiger charge is -2.05. The van der Waals surface area contributed by atoms with E-state index in [9.17, 15) is 9.18 Å². The fraction of sp³-hybridized carbons (Fsp3) is 0.167. The van der Waals surface area contributed by atoms with Gasteiger partial charge in [0.2, 0.25) is 5.91 Å². The van der Waals surface area contributed by atoms with Crippen molar-refractivity contribution in [1.82, 2.24) is 19.6 Å². The highest BCUT2D eigenvalue weighted by Gasteiger charge is 2.43. The highest BCUT2D eigenvalue weighted by atomic mass is 35.5. The van der Waals surface area contributed by atoms with Crippen LogP contribution in [0.25, 0.3) is 27.7 Å². The van der Waals surface area contributed by atoms with Crippen LogP contribution in [0.1, 0.15) is 6.42 Å². The van der Waals surface area contributed by atoms with E-state index in [1.165, 1.54) is 0 Å². The van der Waals surface area contributed by atoms with Crippen molar-refractivity contribution < 1.29 is 9.18 Å². The van der Waals surface area contributed by atoms with Crippen molar-refractivity contribution in [2.75, 3.05) is 5.32 Å². The molecule has 4 aromatic rings. The first-order chi connectivity index (χ1) is 12.6. The molecule has 2 atom stereocenters. The number of rotatable bonds is 3. The van der Waals surface area contributed by atoms with Crippen molar-refractivity contribution >= 4 is 39.9 Å². The maximum atomic E-state index is 13.0. The highest BCUT2D eigenvalue weighted by Crippen LogP contribution is 2.35. The van der Waals surface area contributed by atoms with Crippen molar-refractivity contribution in [2.45, 2.75) is 12.6 Å². The summed E-state index contributed by atoms with van der Waals surface area (Å²) in [5.74, 6) is -0.476. The predicted octanol–water partition coefficient (Wildman–Crippen LogP) is 3.83. The minimum absolute atomic E-state index is 0.288. The second-order valence-electron chi connectivity index (χ2n) is 6.39. The van der Waals surface area contributed by atoms with Crippen LogP contribution in [-0.4, -0.2) is 31.7 Å². The molecule has 5 rings (SSSR count). The monoisotopic (exact) mass is 369 g/mol. The van der Waals surface area contributed by atoms with Gasteiger partial charge in [-0.05, 0) is 30.2 Å². The number of carbonyl (C=O) groups excluding carboxylic acids is 1. The second-order valence-corrected chi connectivity index (χ2v) is 6.77. The van der Waals surface area contributed by atoms with E-state index < -0.39 is 12.1 Å². The molecule has 4 heterocycles. The van der Waals surface area contributed by atoms with E-state index in [-0.39, 0.29) is 12.3 Å². The third-order valence-corrected chi connectivity index (χ3v) is 5.00. The lowest BCUT2D eigenvalue weighted by molar-refractivity contribution is -0.117. The van der Waals surface area contributed by atoms with Gasteiger partial charge in [-0.1, -0.05) is 11.6 Å². The Kier molecular flexibility index (Phi) is 3.27. The van der Waals surface area contributed by atoms with Crippen molar-refractivity contribution in [2.24, 2.45) is 5.92 Å². The Morgan fingerprint density at radius 1 is 1.38 bits per heavy atom. The number of H-pyrrole nitrogens is 1. The Bertz CT molecular complexity index is 1170. The van der Waals surface area contributed by atoms with E-state index in [1.807, 2.05) is 18.2 Å². The molecule has 8 heteroatoms. The number of hydrogen-bond donors (Lipinski definition) is 2. The number of nitrogens with one attached hydrogen (secondary N) is 2. The van der Waals surface area contributed by atoms with Crippen LogP contribution in [0.2, 0.25) is 5.02 Å². The number of fused-ring (bicyclic) bond motifs is 2. The third kappa shape index (κ3) is 2.43. The van der Waals surface area contributed by atoms with Crippen LogP contribution >= 0.6 is 11.6 Å². The topological polar surface area (TPSA) is 75.1 Å². The van der Waals surface area contributed by atoms with E-state index in [0.29, 0.717) is 10.8 Å². The number of pyridine rings is 2. The average molecular weight is 370 g/mol. The van der Waals surface area contributed by atoms with E-state index in [4.69, 9.17) is 11.6 Å². The average Bonchev–Trinajstić information content (AvgIpc) is 3.03. The normalized spacial score (nSPS) is 19.2. The molecular formula is C18H13ClFN5O. The SMILES string of the molecule is O=C(Nc1cc2cc(-c3cnc4[nH]ccc4c3Cl)ccn2n1)[C@H]1C[C@H]1F. The number of aromatic nitrogens is 4. The molecule has 130 valence electrons. The molecule has 1 amide bonds. The molecule has 0 saturated heterocycles. The summed E-state index contributed by atoms with van der Waals surface area (Å²) >= 11 is 6.52. The number of alkyl halides is 1. The van der Waals surface area contributed by atoms with Gasteiger partial charge in [0.1, 0.15) is 11.8 Å². The molecule has 1 aliphatic carbocycles. The first kappa shape index (κ1) is 15.3. The molecule has 6 nitrogen and oxygen atoms in total. The Hall–Kier alpha value is -2.93. The zero-order valence-electron chi connectivity index (χ0n) is 13.4. The predicted molar refractivity (Wildman–Crippen MR) is 96.9 cm³/mol. The van der Waals surface area contributed by atoms with Gasteiger partial charge in [0.15, 0.2) is 5.82 Å². The number of halogens is 2. The highest BCUT2D eigenvalue weighted by molar-refractivity contribution is 6.38. The number of anilines is 1. The zero-order chi connectivity index (χ0) is 17.8. The molecule has 0 bridgehead atoms. The lowest BCUT2D eigenvalue weighted by atomic mass is 10.1. The second kappa shape index (κ2) is 5.54. The van der Waals surface area contributed by atoms with Gasteiger partial charge in [0.25, 0.3) is 0 Å². The molecule has 1 saturated carbocycles. The molecule has 0 aromatic carbocycles. The van der Waals surface area contributed by atoms with Gasteiger partial charge in [-0.25, -0.2) is 13.9 Å². The van der Waals surface area contributed by atoms with E-state index in [0.717, 1.165) is 27.7 Å². The van der Waals surface area contributed by atoms with Crippen molar-refractivity contribution in [3.63, 3.8) is 0 Å². The number of amides is 1. The fourth-order valence-corrected chi connectivity index (χ4v) is 3.36. The molecule has 1 aliphatic rings. The van der Waals surface area contributed by atoms with Gasteiger partial charge >= 0.3 is 0 Å². The van der Waals surface area contributed by atoms with Gasteiger partial charge in [0, 0.05) is 35.6 Å². The largest absolute Gasteiger partial charge is 0.346 e. The summed E-state index contributed by atoms with van der Waals surface area (Å²) in [5.41, 5.74) is 3.23. The molecule has 1 fully saturated rings. The number of aromatic amines is 1. The summed E-state index contributed by atoms with van der Waals surface area (Å²) in [6.07, 6.45) is 4.56. The standard InChI is InChI=1S/C18H13ClFN5O/c19-16-11-1-3-21-17(11)22-8-13(16)9-2-4-25-10(5-9)6-15(24-25)23-18(26)12-7-14(12)20/h1-6,8,12,14H,7H2,(H,21,22)(H,23,24,26)/t12-,14+/m0/s1. The minimum Gasteiger partial charge on any atom is -0.346 e. The van der Waals surface area contributed by atoms with Crippen LogP contribution in [0.3, 0.4) is 0 Å². The van der Waals surface area contributed by atoms with Crippen molar-refractivity contribution in [1.29, 1.82) is 0 Å². The van der Waals surface area contributed by atoms with Gasteiger partial charge < -0.3 is 10.3 Å². The van der Waals surface area contributed by atoms with Crippen LogP contribution < -0.4 is 5.32 Å². The van der Waals surface area contributed by atoms with Crippen molar-refractivity contribution in [3.8, 4) is 11.1 Å². The molecule has 26 heavy (non-hydrogen) atoms. The first-order valence-corrected chi connectivity index (χ1v) is 8.54.